The molecule has 5 nitrogen and oxygen atoms in total. The van der Waals surface area contributed by atoms with Gasteiger partial charge in [-0.3, -0.25) is 4.98 Å². The minimum absolute atomic E-state index is 0.238. The van der Waals surface area contributed by atoms with Gasteiger partial charge in [-0.25, -0.2) is 0 Å². The summed E-state index contributed by atoms with van der Waals surface area (Å²) in [4.78, 5) is 6.32. The Bertz CT molecular complexity index is 417. The van der Waals surface area contributed by atoms with E-state index in [1.807, 2.05) is 38.4 Å². The molecule has 5 heteroatoms. The van der Waals surface area contributed by atoms with Crippen LogP contribution in [0.1, 0.15) is 38.7 Å². The van der Waals surface area contributed by atoms with Crippen LogP contribution in [0.15, 0.2) is 29.7 Å². The Morgan fingerprint density at radius 3 is 2.60 bits per heavy atom. The second-order valence-electron chi connectivity index (χ2n) is 5.92. The SMILES string of the molecule is CN(CCCCC(C)(C)/C(N)=N/O)Cc1ccncc1. The van der Waals surface area contributed by atoms with Gasteiger partial charge in [0.05, 0.1) is 0 Å². The van der Waals surface area contributed by atoms with Crippen molar-refractivity contribution in [2.45, 2.75) is 39.7 Å². The molecule has 0 saturated carbocycles. The Balaban J connectivity index is 2.24. The number of unbranched alkanes of at least 4 members (excludes halogenated alkanes) is 1. The number of pyridine rings is 1. The first-order valence-corrected chi connectivity index (χ1v) is 7.01. The number of hydrogen-bond acceptors (Lipinski definition) is 4. The summed E-state index contributed by atoms with van der Waals surface area (Å²) in [5.41, 5.74) is 6.72. The standard InChI is InChI=1S/C15H26N4O/c1-15(2,14(16)18-20)8-4-5-11-19(3)12-13-6-9-17-10-7-13/h6-7,9-10,20H,4-5,8,11-12H2,1-3H3,(H2,16,18). The van der Waals surface area contributed by atoms with Crippen molar-refractivity contribution in [1.82, 2.24) is 9.88 Å². The maximum atomic E-state index is 8.73. The van der Waals surface area contributed by atoms with Crippen LogP contribution in [0, 0.1) is 5.41 Å². The van der Waals surface area contributed by atoms with Gasteiger partial charge in [-0.1, -0.05) is 25.4 Å². The lowest BCUT2D eigenvalue weighted by molar-refractivity contribution is 0.295. The monoisotopic (exact) mass is 278 g/mol. The van der Waals surface area contributed by atoms with Crippen molar-refractivity contribution in [3.63, 3.8) is 0 Å². The van der Waals surface area contributed by atoms with Gasteiger partial charge in [-0.05, 0) is 44.1 Å². The van der Waals surface area contributed by atoms with Gasteiger partial charge in [0.25, 0.3) is 0 Å². The second kappa shape index (κ2) is 7.85. The Morgan fingerprint density at radius 2 is 2.00 bits per heavy atom. The molecule has 1 aromatic rings. The topological polar surface area (TPSA) is 74.7 Å². The molecule has 0 unspecified atom stereocenters. The minimum Gasteiger partial charge on any atom is -0.409 e. The fourth-order valence-corrected chi connectivity index (χ4v) is 2.09. The summed E-state index contributed by atoms with van der Waals surface area (Å²) in [5.74, 6) is 0.308. The molecule has 1 rings (SSSR count). The molecule has 3 N–H and O–H groups in total. The summed E-state index contributed by atoms with van der Waals surface area (Å²) in [6.07, 6.45) is 6.73. The summed E-state index contributed by atoms with van der Waals surface area (Å²) >= 11 is 0. The number of rotatable bonds is 8. The first-order valence-electron chi connectivity index (χ1n) is 7.01. The highest BCUT2D eigenvalue weighted by Gasteiger charge is 2.22. The van der Waals surface area contributed by atoms with Gasteiger partial charge >= 0.3 is 0 Å². The third kappa shape index (κ3) is 5.57. The van der Waals surface area contributed by atoms with Crippen LogP contribution in [0.25, 0.3) is 0 Å². The van der Waals surface area contributed by atoms with Gasteiger partial charge < -0.3 is 15.8 Å². The highest BCUT2D eigenvalue weighted by molar-refractivity contribution is 5.85. The number of aromatic nitrogens is 1. The van der Waals surface area contributed by atoms with Crippen LogP contribution in [0.5, 0.6) is 0 Å². The fourth-order valence-electron chi connectivity index (χ4n) is 2.09. The molecule has 0 aliphatic rings. The van der Waals surface area contributed by atoms with E-state index in [1.54, 1.807) is 0 Å². The van der Waals surface area contributed by atoms with E-state index in [4.69, 9.17) is 10.9 Å². The van der Waals surface area contributed by atoms with Gasteiger partial charge in [0.1, 0.15) is 5.84 Å². The summed E-state index contributed by atoms with van der Waals surface area (Å²) in [6.45, 7) is 5.98. The quantitative estimate of drug-likeness (QED) is 0.252. The third-order valence-corrected chi connectivity index (χ3v) is 3.59. The molecule has 0 amide bonds. The zero-order valence-corrected chi connectivity index (χ0v) is 12.7. The van der Waals surface area contributed by atoms with E-state index in [0.717, 1.165) is 32.4 Å². The molecule has 0 spiro atoms. The Kier molecular flexibility index (Phi) is 6.45. The van der Waals surface area contributed by atoms with E-state index < -0.39 is 0 Å². The van der Waals surface area contributed by atoms with Gasteiger partial charge in [0, 0.05) is 24.4 Å². The molecule has 0 fully saturated rings. The number of nitrogens with zero attached hydrogens (tertiary/aromatic N) is 3. The lowest BCUT2D eigenvalue weighted by atomic mass is 9.86. The highest BCUT2D eigenvalue weighted by atomic mass is 16.4. The molecule has 0 radical (unpaired) electrons. The van der Waals surface area contributed by atoms with Gasteiger partial charge in [-0.15, -0.1) is 0 Å². The molecule has 0 atom stereocenters. The van der Waals surface area contributed by atoms with Crippen molar-refractivity contribution in [1.29, 1.82) is 0 Å². The van der Waals surface area contributed by atoms with E-state index in [1.165, 1.54) is 5.56 Å². The van der Waals surface area contributed by atoms with Crippen LogP contribution in [0.3, 0.4) is 0 Å². The Morgan fingerprint density at radius 1 is 1.35 bits per heavy atom. The first kappa shape index (κ1) is 16.4. The van der Waals surface area contributed by atoms with E-state index >= 15 is 0 Å². The third-order valence-electron chi connectivity index (χ3n) is 3.59. The molecule has 20 heavy (non-hydrogen) atoms. The molecule has 1 aromatic heterocycles. The highest BCUT2D eigenvalue weighted by Crippen LogP contribution is 2.23. The van der Waals surface area contributed by atoms with Gasteiger partial charge in [0.15, 0.2) is 0 Å². The van der Waals surface area contributed by atoms with Crippen molar-refractivity contribution in [2.75, 3.05) is 13.6 Å². The van der Waals surface area contributed by atoms with E-state index in [2.05, 4.69) is 22.1 Å². The Hall–Kier alpha value is -1.62. The first-order chi connectivity index (χ1) is 9.45. The molecule has 0 bridgehead atoms. The summed E-state index contributed by atoms with van der Waals surface area (Å²) in [5, 5.41) is 11.8. The molecule has 112 valence electrons. The average Bonchev–Trinajstić information content (AvgIpc) is 2.43. The summed E-state index contributed by atoms with van der Waals surface area (Å²) in [6, 6.07) is 4.08. The fraction of sp³-hybridized carbons (Fsp3) is 0.600. The van der Waals surface area contributed by atoms with Crippen molar-refractivity contribution in [3.8, 4) is 0 Å². The molecular formula is C15H26N4O. The molecule has 0 aliphatic carbocycles. The summed E-state index contributed by atoms with van der Waals surface area (Å²) in [7, 11) is 2.12. The van der Waals surface area contributed by atoms with Crippen molar-refractivity contribution >= 4 is 5.84 Å². The second-order valence-corrected chi connectivity index (χ2v) is 5.92. The number of hydrogen-bond donors (Lipinski definition) is 2. The number of oxime groups is 1. The van der Waals surface area contributed by atoms with Crippen LogP contribution in [0.2, 0.25) is 0 Å². The van der Waals surface area contributed by atoms with E-state index in [0.29, 0.717) is 5.84 Å². The largest absolute Gasteiger partial charge is 0.409 e. The van der Waals surface area contributed by atoms with Crippen LogP contribution >= 0.6 is 0 Å². The zero-order valence-electron chi connectivity index (χ0n) is 12.7. The van der Waals surface area contributed by atoms with E-state index in [9.17, 15) is 0 Å². The van der Waals surface area contributed by atoms with Crippen LogP contribution in [-0.2, 0) is 6.54 Å². The predicted octanol–water partition coefficient (Wildman–Crippen LogP) is 2.46. The molecule has 1 heterocycles. The lowest BCUT2D eigenvalue weighted by Crippen LogP contribution is -2.32. The molecule has 0 saturated heterocycles. The maximum Gasteiger partial charge on any atom is 0.144 e. The lowest BCUT2D eigenvalue weighted by Gasteiger charge is -2.23. The van der Waals surface area contributed by atoms with Crippen LogP contribution in [0.4, 0.5) is 0 Å². The number of nitrogens with two attached hydrogens (primary N) is 1. The molecule has 0 aromatic carbocycles. The minimum atomic E-state index is -0.238. The molecule has 0 aliphatic heterocycles. The van der Waals surface area contributed by atoms with Crippen molar-refractivity contribution < 1.29 is 5.21 Å². The van der Waals surface area contributed by atoms with Crippen molar-refractivity contribution in [3.05, 3.63) is 30.1 Å². The Labute approximate surface area is 121 Å². The smallest absolute Gasteiger partial charge is 0.144 e. The average molecular weight is 278 g/mol. The normalized spacial score (nSPS) is 12.9. The van der Waals surface area contributed by atoms with Crippen LogP contribution in [-0.4, -0.2) is 34.5 Å². The van der Waals surface area contributed by atoms with E-state index in [-0.39, 0.29) is 5.41 Å². The van der Waals surface area contributed by atoms with Crippen LogP contribution < -0.4 is 5.73 Å². The maximum absolute atomic E-state index is 8.73. The van der Waals surface area contributed by atoms with Gasteiger partial charge in [-0.2, -0.15) is 0 Å². The van der Waals surface area contributed by atoms with Gasteiger partial charge in [0.2, 0.25) is 0 Å². The number of amidine groups is 1. The zero-order chi connectivity index (χ0) is 15.0. The van der Waals surface area contributed by atoms with Crippen molar-refractivity contribution in [2.24, 2.45) is 16.3 Å². The predicted molar refractivity (Wildman–Crippen MR) is 81.6 cm³/mol. The summed E-state index contributed by atoms with van der Waals surface area (Å²) < 4.78 is 0. The molecular weight excluding hydrogens is 252 g/mol.